The summed E-state index contributed by atoms with van der Waals surface area (Å²) in [5.41, 5.74) is 0.533. The first-order valence-electron chi connectivity index (χ1n) is 6.40. The van der Waals surface area contributed by atoms with Gasteiger partial charge in [-0.2, -0.15) is 0 Å². The molecule has 1 fully saturated rings. The van der Waals surface area contributed by atoms with E-state index < -0.39 is 9.84 Å². The molecular weight excluding hydrogens is 280 g/mol. The molecule has 0 aromatic heterocycles. The summed E-state index contributed by atoms with van der Waals surface area (Å²) in [6.45, 7) is 0.582. The highest BCUT2D eigenvalue weighted by Crippen LogP contribution is 2.19. The zero-order valence-electron chi connectivity index (χ0n) is 11.2. The van der Waals surface area contributed by atoms with E-state index in [1.165, 1.54) is 12.1 Å². The summed E-state index contributed by atoms with van der Waals surface area (Å²) in [6, 6.07) is 5.62. The normalized spacial score (nSPS) is 19.1. The summed E-state index contributed by atoms with van der Waals surface area (Å²) in [5, 5.41) is 11.9. The number of anilines is 1. The topological polar surface area (TPSA) is 86.7 Å². The smallest absolute Gasteiger partial charge is 0.322 e. The van der Waals surface area contributed by atoms with Gasteiger partial charge in [0.1, 0.15) is 0 Å². The molecule has 0 aliphatic carbocycles. The van der Waals surface area contributed by atoms with Gasteiger partial charge in [0.2, 0.25) is 0 Å². The maximum Gasteiger partial charge on any atom is 0.322 e. The Morgan fingerprint density at radius 3 is 2.60 bits per heavy atom. The van der Waals surface area contributed by atoms with Crippen molar-refractivity contribution < 1.29 is 18.3 Å². The fraction of sp³-hybridized carbons (Fsp3) is 0.462. The van der Waals surface area contributed by atoms with Crippen LogP contribution < -0.4 is 5.32 Å². The van der Waals surface area contributed by atoms with Crippen LogP contribution in [0.2, 0.25) is 0 Å². The van der Waals surface area contributed by atoms with Crippen molar-refractivity contribution in [3.8, 4) is 0 Å². The average Bonchev–Trinajstić information content (AvgIpc) is 2.86. The van der Waals surface area contributed by atoms with Gasteiger partial charge in [-0.1, -0.05) is 0 Å². The lowest BCUT2D eigenvalue weighted by atomic mass is 10.2. The maximum absolute atomic E-state index is 12.1. The highest BCUT2D eigenvalue weighted by Gasteiger charge is 2.27. The van der Waals surface area contributed by atoms with Crippen LogP contribution in [0.15, 0.2) is 29.2 Å². The largest absolute Gasteiger partial charge is 0.394 e. The standard InChI is InChI=1S/C13H18N2O4S/c1-20(18,19)12-6-4-10(5-7-12)14-13(17)15-8-2-3-11(15)9-16/h4-7,11,16H,2-3,8-9H2,1H3,(H,14,17)/t11-/m1/s1. The maximum atomic E-state index is 12.1. The molecule has 0 unspecified atom stereocenters. The molecule has 1 aromatic rings. The zero-order chi connectivity index (χ0) is 14.8. The summed E-state index contributed by atoms with van der Waals surface area (Å²) in [5.74, 6) is 0. The zero-order valence-corrected chi connectivity index (χ0v) is 12.1. The van der Waals surface area contributed by atoms with Crippen LogP contribution in [-0.4, -0.2) is 49.9 Å². The fourth-order valence-electron chi connectivity index (χ4n) is 2.27. The second-order valence-electron chi connectivity index (χ2n) is 4.90. The number of sulfone groups is 1. The van der Waals surface area contributed by atoms with E-state index >= 15 is 0 Å². The van der Waals surface area contributed by atoms with E-state index in [-0.39, 0.29) is 23.6 Å². The number of hydrogen-bond donors (Lipinski definition) is 2. The first kappa shape index (κ1) is 14.8. The molecule has 0 spiro atoms. The monoisotopic (exact) mass is 298 g/mol. The van der Waals surface area contributed by atoms with Gasteiger partial charge in [-0.3, -0.25) is 0 Å². The molecule has 0 radical (unpaired) electrons. The predicted molar refractivity (Wildman–Crippen MR) is 75.4 cm³/mol. The summed E-state index contributed by atoms with van der Waals surface area (Å²) in [7, 11) is -3.23. The number of carbonyl (C=O) groups is 1. The van der Waals surface area contributed by atoms with Crippen LogP contribution in [0, 0.1) is 0 Å². The molecule has 1 aromatic carbocycles. The lowest BCUT2D eigenvalue weighted by Gasteiger charge is -2.23. The Balaban J connectivity index is 2.05. The molecule has 20 heavy (non-hydrogen) atoms. The minimum Gasteiger partial charge on any atom is -0.394 e. The number of amides is 2. The van der Waals surface area contributed by atoms with E-state index in [1.54, 1.807) is 17.0 Å². The molecule has 1 atom stereocenters. The van der Waals surface area contributed by atoms with Crippen molar-refractivity contribution in [3.63, 3.8) is 0 Å². The van der Waals surface area contributed by atoms with Gasteiger partial charge in [-0.25, -0.2) is 13.2 Å². The number of urea groups is 1. The highest BCUT2D eigenvalue weighted by atomic mass is 32.2. The number of carbonyl (C=O) groups excluding carboxylic acids is 1. The number of hydrogen-bond acceptors (Lipinski definition) is 4. The Morgan fingerprint density at radius 2 is 2.05 bits per heavy atom. The molecule has 1 saturated heterocycles. The van der Waals surface area contributed by atoms with Gasteiger partial charge >= 0.3 is 6.03 Å². The van der Waals surface area contributed by atoms with Gasteiger partial charge in [-0.05, 0) is 37.1 Å². The summed E-state index contributed by atoms with van der Waals surface area (Å²) in [4.78, 5) is 13.9. The van der Waals surface area contributed by atoms with E-state index in [2.05, 4.69) is 5.32 Å². The Hall–Kier alpha value is -1.60. The van der Waals surface area contributed by atoms with Crippen molar-refractivity contribution in [1.82, 2.24) is 4.90 Å². The molecule has 1 aliphatic heterocycles. The van der Waals surface area contributed by atoms with Crippen LogP contribution >= 0.6 is 0 Å². The van der Waals surface area contributed by atoms with Crippen LogP contribution in [-0.2, 0) is 9.84 Å². The van der Waals surface area contributed by atoms with Crippen LogP contribution in [0.3, 0.4) is 0 Å². The first-order chi connectivity index (χ1) is 9.41. The Kier molecular flexibility index (Phi) is 4.29. The Bertz CT molecular complexity index is 583. The third kappa shape index (κ3) is 3.29. The third-order valence-electron chi connectivity index (χ3n) is 3.38. The summed E-state index contributed by atoms with van der Waals surface area (Å²) >= 11 is 0. The Morgan fingerprint density at radius 1 is 1.40 bits per heavy atom. The van der Waals surface area contributed by atoms with E-state index in [0.29, 0.717) is 12.2 Å². The van der Waals surface area contributed by atoms with Crippen molar-refractivity contribution in [2.45, 2.75) is 23.8 Å². The van der Waals surface area contributed by atoms with Crippen molar-refractivity contribution in [1.29, 1.82) is 0 Å². The second-order valence-corrected chi connectivity index (χ2v) is 6.91. The molecule has 1 aliphatic rings. The van der Waals surface area contributed by atoms with Crippen molar-refractivity contribution >= 4 is 21.6 Å². The molecule has 0 saturated carbocycles. The van der Waals surface area contributed by atoms with Gasteiger partial charge < -0.3 is 15.3 Å². The first-order valence-corrected chi connectivity index (χ1v) is 8.29. The fourth-order valence-corrected chi connectivity index (χ4v) is 2.90. The quantitative estimate of drug-likeness (QED) is 0.874. The molecule has 0 bridgehead atoms. The van der Waals surface area contributed by atoms with Gasteiger partial charge in [0.05, 0.1) is 17.5 Å². The third-order valence-corrected chi connectivity index (χ3v) is 4.51. The summed E-state index contributed by atoms with van der Waals surface area (Å²) in [6.07, 6.45) is 2.82. The molecule has 2 rings (SSSR count). The van der Waals surface area contributed by atoms with E-state index in [0.717, 1.165) is 19.1 Å². The molecule has 2 amide bonds. The SMILES string of the molecule is CS(=O)(=O)c1ccc(NC(=O)N2CCC[C@@H]2CO)cc1. The minimum atomic E-state index is -3.23. The van der Waals surface area contributed by atoms with Crippen molar-refractivity contribution in [2.75, 3.05) is 24.7 Å². The van der Waals surface area contributed by atoms with E-state index in [4.69, 9.17) is 0 Å². The van der Waals surface area contributed by atoms with Gasteiger partial charge in [-0.15, -0.1) is 0 Å². The Labute approximate surface area is 118 Å². The number of nitrogens with one attached hydrogen (secondary N) is 1. The highest BCUT2D eigenvalue weighted by molar-refractivity contribution is 7.90. The minimum absolute atomic E-state index is 0.0412. The van der Waals surface area contributed by atoms with Gasteiger partial charge in [0, 0.05) is 18.5 Å². The average molecular weight is 298 g/mol. The van der Waals surface area contributed by atoms with Crippen LogP contribution in [0.4, 0.5) is 10.5 Å². The van der Waals surface area contributed by atoms with Crippen LogP contribution in [0.25, 0.3) is 0 Å². The number of benzene rings is 1. The van der Waals surface area contributed by atoms with E-state index in [1.807, 2.05) is 0 Å². The molecule has 110 valence electrons. The van der Waals surface area contributed by atoms with Gasteiger partial charge in [0.15, 0.2) is 9.84 Å². The molecule has 2 N–H and O–H groups in total. The lowest BCUT2D eigenvalue weighted by molar-refractivity contribution is 0.166. The predicted octanol–water partition coefficient (Wildman–Crippen LogP) is 1.08. The second kappa shape index (κ2) is 5.80. The van der Waals surface area contributed by atoms with E-state index in [9.17, 15) is 18.3 Å². The molecule has 7 heteroatoms. The van der Waals surface area contributed by atoms with Crippen LogP contribution in [0.5, 0.6) is 0 Å². The molecular formula is C13H18N2O4S. The van der Waals surface area contributed by atoms with Crippen LogP contribution in [0.1, 0.15) is 12.8 Å². The number of aliphatic hydroxyl groups is 1. The molecule has 1 heterocycles. The van der Waals surface area contributed by atoms with Gasteiger partial charge in [0.25, 0.3) is 0 Å². The van der Waals surface area contributed by atoms with Crippen molar-refractivity contribution in [2.24, 2.45) is 0 Å². The number of aliphatic hydroxyl groups excluding tert-OH is 1. The number of rotatable bonds is 3. The van der Waals surface area contributed by atoms with Crippen molar-refractivity contribution in [3.05, 3.63) is 24.3 Å². The summed E-state index contributed by atoms with van der Waals surface area (Å²) < 4.78 is 22.7. The molecule has 6 nitrogen and oxygen atoms in total. The lowest BCUT2D eigenvalue weighted by Crippen LogP contribution is -2.40. The number of likely N-dealkylation sites (tertiary alicyclic amines) is 1. The number of nitrogens with zero attached hydrogens (tertiary/aromatic N) is 1.